The molecular weight excluding hydrogens is 368 g/mol. The maximum Gasteiger partial charge on any atom is 0.251 e. The number of thiophene rings is 1. The first kappa shape index (κ1) is 20.3. The van der Waals surface area contributed by atoms with Crippen LogP contribution in [0.15, 0.2) is 30.3 Å². The number of hydrogen-bond donors (Lipinski definition) is 2. The van der Waals surface area contributed by atoms with Crippen molar-refractivity contribution in [3.63, 3.8) is 0 Å². The van der Waals surface area contributed by atoms with Crippen LogP contribution >= 0.6 is 11.3 Å². The zero-order valence-corrected chi connectivity index (χ0v) is 17.8. The van der Waals surface area contributed by atoms with Crippen molar-refractivity contribution in [2.75, 3.05) is 5.32 Å². The minimum absolute atomic E-state index is 0.0978. The number of hydrogen-bond acceptors (Lipinski definition) is 3. The highest BCUT2D eigenvalue weighted by Crippen LogP contribution is 2.39. The highest BCUT2D eigenvalue weighted by atomic mass is 32.1. The molecule has 148 valence electrons. The number of carbonyl (C=O) groups is 2. The first-order valence-corrected chi connectivity index (χ1v) is 10.5. The number of amides is 2. The molecule has 1 aliphatic carbocycles. The second-order valence-electron chi connectivity index (χ2n) is 8.61. The minimum atomic E-state index is -0.468. The van der Waals surface area contributed by atoms with E-state index in [1.54, 1.807) is 6.08 Å². The molecular formula is C23H28N2O2S. The molecule has 0 spiro atoms. The summed E-state index contributed by atoms with van der Waals surface area (Å²) in [6, 6.07) is 8.17. The highest BCUT2D eigenvalue weighted by molar-refractivity contribution is 7.17. The number of benzene rings is 1. The van der Waals surface area contributed by atoms with Crippen LogP contribution in [-0.4, -0.2) is 11.8 Å². The molecule has 1 aromatic carbocycles. The molecule has 2 aromatic rings. The molecule has 0 radical (unpaired) electrons. The number of carbonyl (C=O) groups excluding carboxylic acids is 2. The largest absolute Gasteiger partial charge is 0.365 e. The Morgan fingerprint density at radius 2 is 1.89 bits per heavy atom. The van der Waals surface area contributed by atoms with Gasteiger partial charge in [0.2, 0.25) is 5.91 Å². The Kier molecular flexibility index (Phi) is 5.75. The Balaban J connectivity index is 1.74. The smallest absolute Gasteiger partial charge is 0.251 e. The summed E-state index contributed by atoms with van der Waals surface area (Å²) in [5.41, 5.74) is 9.42. The van der Waals surface area contributed by atoms with E-state index in [1.165, 1.54) is 27.9 Å². The summed E-state index contributed by atoms with van der Waals surface area (Å²) in [6.45, 7) is 8.72. The third-order valence-electron chi connectivity index (χ3n) is 5.20. The second kappa shape index (κ2) is 7.92. The summed E-state index contributed by atoms with van der Waals surface area (Å²) in [7, 11) is 0. The highest BCUT2D eigenvalue weighted by Gasteiger charge is 2.26. The van der Waals surface area contributed by atoms with Gasteiger partial charge in [0.1, 0.15) is 5.00 Å². The van der Waals surface area contributed by atoms with Crippen molar-refractivity contribution in [1.29, 1.82) is 0 Å². The normalized spacial score (nSPS) is 16.8. The molecule has 2 amide bonds. The van der Waals surface area contributed by atoms with Crippen LogP contribution in [0.5, 0.6) is 0 Å². The molecule has 0 saturated carbocycles. The molecule has 0 aliphatic heterocycles. The van der Waals surface area contributed by atoms with Crippen LogP contribution in [-0.2, 0) is 23.1 Å². The molecule has 5 heteroatoms. The molecule has 1 aliphatic rings. The van der Waals surface area contributed by atoms with E-state index >= 15 is 0 Å². The van der Waals surface area contributed by atoms with Crippen molar-refractivity contribution in [2.45, 2.75) is 52.4 Å². The predicted octanol–water partition coefficient (Wildman–Crippen LogP) is 4.92. The predicted molar refractivity (Wildman–Crippen MR) is 117 cm³/mol. The first-order valence-electron chi connectivity index (χ1n) is 9.69. The zero-order valence-electron chi connectivity index (χ0n) is 17.0. The molecule has 1 heterocycles. The van der Waals surface area contributed by atoms with Gasteiger partial charge in [-0.25, -0.2) is 0 Å². The van der Waals surface area contributed by atoms with Crippen LogP contribution in [0, 0.1) is 5.92 Å². The topological polar surface area (TPSA) is 72.2 Å². The van der Waals surface area contributed by atoms with Crippen molar-refractivity contribution in [3.8, 4) is 0 Å². The maximum atomic E-state index is 12.4. The molecule has 4 nitrogen and oxygen atoms in total. The number of primary amides is 1. The van der Waals surface area contributed by atoms with Crippen molar-refractivity contribution in [1.82, 2.24) is 0 Å². The zero-order chi connectivity index (χ0) is 20.5. The van der Waals surface area contributed by atoms with E-state index < -0.39 is 5.91 Å². The van der Waals surface area contributed by atoms with Gasteiger partial charge in [0.05, 0.1) is 5.56 Å². The SMILES string of the molecule is CC1CCc2c(sc(NC(=O)/C=C/c3ccc(C(C)(C)C)cc3)c2C(N)=O)C1. The summed E-state index contributed by atoms with van der Waals surface area (Å²) >= 11 is 1.48. The van der Waals surface area contributed by atoms with Gasteiger partial charge in [-0.2, -0.15) is 0 Å². The Hall–Kier alpha value is -2.40. The van der Waals surface area contributed by atoms with Gasteiger partial charge in [-0.3, -0.25) is 9.59 Å². The third kappa shape index (κ3) is 4.53. The lowest BCUT2D eigenvalue weighted by Gasteiger charge is -2.18. The van der Waals surface area contributed by atoms with Crippen LogP contribution in [0.25, 0.3) is 6.08 Å². The van der Waals surface area contributed by atoms with E-state index in [4.69, 9.17) is 5.73 Å². The quantitative estimate of drug-likeness (QED) is 0.720. The van der Waals surface area contributed by atoms with Crippen molar-refractivity contribution < 1.29 is 9.59 Å². The van der Waals surface area contributed by atoms with Crippen molar-refractivity contribution >= 4 is 34.2 Å². The first-order chi connectivity index (χ1) is 13.1. The molecule has 1 unspecified atom stereocenters. The number of nitrogens with two attached hydrogens (primary N) is 1. The van der Waals surface area contributed by atoms with E-state index in [9.17, 15) is 9.59 Å². The van der Waals surface area contributed by atoms with E-state index in [0.29, 0.717) is 16.5 Å². The lowest BCUT2D eigenvalue weighted by molar-refractivity contribution is -0.111. The van der Waals surface area contributed by atoms with Gasteiger partial charge < -0.3 is 11.1 Å². The molecule has 1 aromatic heterocycles. The Labute approximate surface area is 170 Å². The minimum Gasteiger partial charge on any atom is -0.365 e. The van der Waals surface area contributed by atoms with Crippen molar-refractivity contribution in [2.24, 2.45) is 11.7 Å². The van der Waals surface area contributed by atoms with Gasteiger partial charge >= 0.3 is 0 Å². The molecule has 3 N–H and O–H groups in total. The fraction of sp³-hybridized carbons (Fsp3) is 0.391. The average molecular weight is 397 g/mol. The summed E-state index contributed by atoms with van der Waals surface area (Å²) < 4.78 is 0. The average Bonchev–Trinajstić information content (AvgIpc) is 2.96. The van der Waals surface area contributed by atoms with Gasteiger partial charge in [-0.1, -0.05) is 52.0 Å². The van der Waals surface area contributed by atoms with Crippen LogP contribution in [0.4, 0.5) is 5.00 Å². The summed E-state index contributed by atoms with van der Waals surface area (Å²) in [4.78, 5) is 25.6. The molecule has 0 bridgehead atoms. The van der Waals surface area contributed by atoms with E-state index in [-0.39, 0.29) is 11.3 Å². The molecule has 3 rings (SSSR count). The standard InChI is InChI=1S/C23H28N2O2S/c1-14-5-11-17-18(13-14)28-22(20(17)21(24)27)25-19(26)12-8-15-6-9-16(10-7-15)23(2,3)4/h6-10,12,14H,5,11,13H2,1-4H3,(H2,24,27)(H,25,26)/b12-8+. The van der Waals surface area contributed by atoms with Gasteiger partial charge in [0, 0.05) is 11.0 Å². The summed E-state index contributed by atoms with van der Waals surface area (Å²) in [5, 5.41) is 3.44. The summed E-state index contributed by atoms with van der Waals surface area (Å²) in [5.74, 6) is -0.135. The molecule has 1 atom stereocenters. The van der Waals surface area contributed by atoms with Crippen LogP contribution < -0.4 is 11.1 Å². The van der Waals surface area contributed by atoms with Gasteiger partial charge in [-0.15, -0.1) is 11.3 Å². The van der Waals surface area contributed by atoms with Crippen LogP contribution in [0.2, 0.25) is 0 Å². The van der Waals surface area contributed by atoms with Gasteiger partial charge in [0.25, 0.3) is 5.91 Å². The third-order valence-corrected chi connectivity index (χ3v) is 6.37. The van der Waals surface area contributed by atoms with Gasteiger partial charge in [0.15, 0.2) is 0 Å². The number of nitrogens with one attached hydrogen (secondary N) is 1. The second-order valence-corrected chi connectivity index (χ2v) is 9.72. The van der Waals surface area contributed by atoms with Gasteiger partial charge in [-0.05, 0) is 53.4 Å². The fourth-order valence-electron chi connectivity index (χ4n) is 3.52. The van der Waals surface area contributed by atoms with E-state index in [0.717, 1.165) is 30.4 Å². The van der Waals surface area contributed by atoms with E-state index in [2.05, 4.69) is 45.1 Å². The van der Waals surface area contributed by atoms with Crippen molar-refractivity contribution in [3.05, 3.63) is 57.5 Å². The lowest BCUT2D eigenvalue weighted by Crippen LogP contribution is -2.18. The molecule has 0 saturated heterocycles. The Bertz CT molecular complexity index is 917. The summed E-state index contributed by atoms with van der Waals surface area (Å²) in [6.07, 6.45) is 6.10. The van der Waals surface area contributed by atoms with E-state index in [1.807, 2.05) is 12.1 Å². The maximum absolute atomic E-state index is 12.4. The fourth-order valence-corrected chi connectivity index (χ4v) is 4.94. The van der Waals surface area contributed by atoms with Crippen LogP contribution in [0.1, 0.15) is 66.0 Å². The monoisotopic (exact) mass is 396 g/mol. The number of anilines is 1. The van der Waals surface area contributed by atoms with Crippen LogP contribution in [0.3, 0.4) is 0 Å². The molecule has 0 fully saturated rings. The Morgan fingerprint density at radius 3 is 2.50 bits per heavy atom. The molecule has 28 heavy (non-hydrogen) atoms. The Morgan fingerprint density at radius 1 is 1.21 bits per heavy atom. The number of fused-ring (bicyclic) bond motifs is 1. The lowest BCUT2D eigenvalue weighted by atomic mass is 9.87. The number of rotatable bonds is 4.